The average Bonchev–Trinajstić information content (AvgIpc) is 3.07. The van der Waals surface area contributed by atoms with Gasteiger partial charge in [0.1, 0.15) is 6.54 Å². The Morgan fingerprint density at radius 1 is 1.40 bits per heavy atom. The van der Waals surface area contributed by atoms with Gasteiger partial charge in [-0.3, -0.25) is 14.4 Å². The molecule has 1 atom stereocenters. The molecule has 0 aromatic rings. The molecule has 1 unspecified atom stereocenters. The topological polar surface area (TPSA) is 77.9 Å². The van der Waals surface area contributed by atoms with Crippen LogP contribution in [0.25, 0.3) is 0 Å². The van der Waals surface area contributed by atoms with E-state index in [1.165, 1.54) is 4.90 Å². The zero-order chi connectivity index (χ0) is 14.9. The third kappa shape index (κ3) is 3.49. The van der Waals surface area contributed by atoms with E-state index in [0.717, 1.165) is 12.8 Å². The van der Waals surface area contributed by atoms with E-state index in [2.05, 4.69) is 0 Å². The summed E-state index contributed by atoms with van der Waals surface area (Å²) in [5.74, 6) is -1.14. The van der Waals surface area contributed by atoms with Gasteiger partial charge in [0.25, 0.3) is 0 Å². The average molecular weight is 282 g/mol. The molecule has 6 nitrogen and oxygen atoms in total. The van der Waals surface area contributed by atoms with Crippen LogP contribution in [0.4, 0.5) is 0 Å². The van der Waals surface area contributed by atoms with E-state index in [0.29, 0.717) is 19.0 Å². The van der Waals surface area contributed by atoms with E-state index in [1.54, 1.807) is 4.90 Å². The number of carboxylic acids is 1. The lowest BCUT2D eigenvalue weighted by molar-refractivity contribution is -0.146. The molecule has 1 aliphatic heterocycles. The number of carboxylic acid groups (broad SMARTS) is 1. The highest BCUT2D eigenvalue weighted by Crippen LogP contribution is 2.31. The summed E-state index contributed by atoms with van der Waals surface area (Å²) in [6, 6.07) is 0.0802. The van der Waals surface area contributed by atoms with Crippen molar-refractivity contribution in [3.63, 3.8) is 0 Å². The second-order valence-electron chi connectivity index (χ2n) is 6.10. The van der Waals surface area contributed by atoms with E-state index in [1.807, 2.05) is 13.8 Å². The Hall–Kier alpha value is -1.59. The second kappa shape index (κ2) is 5.81. The Bertz CT molecular complexity index is 417. The number of aliphatic carboxylic acids is 1. The van der Waals surface area contributed by atoms with Gasteiger partial charge in [-0.1, -0.05) is 0 Å². The number of carbonyl (C=O) groups excluding carboxylic acids is 2. The maximum Gasteiger partial charge on any atom is 0.323 e. The lowest BCUT2D eigenvalue weighted by Gasteiger charge is -2.25. The summed E-state index contributed by atoms with van der Waals surface area (Å²) in [5.41, 5.74) is 0. The Kier molecular flexibility index (Phi) is 4.30. The van der Waals surface area contributed by atoms with E-state index in [-0.39, 0.29) is 36.7 Å². The van der Waals surface area contributed by atoms with Crippen molar-refractivity contribution in [3.8, 4) is 0 Å². The number of nitrogens with zero attached hydrogens (tertiary/aromatic N) is 2. The molecule has 20 heavy (non-hydrogen) atoms. The lowest BCUT2D eigenvalue weighted by atomic mass is 10.1. The molecule has 2 amide bonds. The van der Waals surface area contributed by atoms with Gasteiger partial charge in [-0.25, -0.2) is 0 Å². The highest BCUT2D eigenvalue weighted by molar-refractivity contribution is 5.90. The van der Waals surface area contributed by atoms with Crippen LogP contribution in [0.1, 0.15) is 33.1 Å². The van der Waals surface area contributed by atoms with Crippen molar-refractivity contribution < 1.29 is 19.5 Å². The quantitative estimate of drug-likeness (QED) is 0.772. The number of hydrogen-bond donors (Lipinski definition) is 1. The summed E-state index contributed by atoms with van der Waals surface area (Å²) in [4.78, 5) is 38.3. The third-order valence-corrected chi connectivity index (χ3v) is 3.94. The number of rotatable bonds is 6. The van der Waals surface area contributed by atoms with Crippen LogP contribution < -0.4 is 0 Å². The summed E-state index contributed by atoms with van der Waals surface area (Å²) in [7, 11) is 0. The number of carbonyl (C=O) groups is 3. The third-order valence-electron chi connectivity index (χ3n) is 3.94. The Morgan fingerprint density at radius 3 is 2.50 bits per heavy atom. The van der Waals surface area contributed by atoms with Crippen molar-refractivity contribution in [1.82, 2.24) is 9.80 Å². The van der Waals surface area contributed by atoms with Gasteiger partial charge >= 0.3 is 5.97 Å². The molecule has 1 saturated carbocycles. The van der Waals surface area contributed by atoms with Gasteiger partial charge in [0.05, 0.1) is 5.92 Å². The molecule has 0 spiro atoms. The molecule has 1 saturated heterocycles. The van der Waals surface area contributed by atoms with E-state index in [4.69, 9.17) is 5.11 Å². The second-order valence-corrected chi connectivity index (χ2v) is 6.10. The highest BCUT2D eigenvalue weighted by Gasteiger charge is 2.39. The van der Waals surface area contributed by atoms with Gasteiger partial charge in [0.2, 0.25) is 11.8 Å². The summed E-state index contributed by atoms with van der Waals surface area (Å²) in [6.45, 7) is 4.50. The van der Waals surface area contributed by atoms with Crippen molar-refractivity contribution in [1.29, 1.82) is 0 Å². The molecular weight excluding hydrogens is 260 g/mol. The fourth-order valence-corrected chi connectivity index (χ4v) is 2.66. The zero-order valence-corrected chi connectivity index (χ0v) is 12.0. The summed E-state index contributed by atoms with van der Waals surface area (Å²) < 4.78 is 0. The minimum atomic E-state index is -0.996. The first-order chi connectivity index (χ1) is 9.38. The molecule has 6 heteroatoms. The van der Waals surface area contributed by atoms with Gasteiger partial charge in [0, 0.05) is 25.6 Å². The van der Waals surface area contributed by atoms with E-state index >= 15 is 0 Å². The summed E-state index contributed by atoms with van der Waals surface area (Å²) in [5, 5.41) is 8.93. The molecule has 2 aliphatic rings. The van der Waals surface area contributed by atoms with Crippen LogP contribution in [0.15, 0.2) is 0 Å². The first-order valence-electron chi connectivity index (χ1n) is 7.18. The highest BCUT2D eigenvalue weighted by atomic mass is 16.4. The number of hydrogen-bond acceptors (Lipinski definition) is 3. The van der Waals surface area contributed by atoms with Gasteiger partial charge in [0.15, 0.2) is 0 Å². The minimum absolute atomic E-state index is 0.0138. The first-order valence-corrected chi connectivity index (χ1v) is 7.18. The van der Waals surface area contributed by atoms with Crippen molar-refractivity contribution >= 4 is 17.8 Å². The predicted molar refractivity (Wildman–Crippen MR) is 71.9 cm³/mol. The molecule has 0 bridgehead atoms. The summed E-state index contributed by atoms with van der Waals surface area (Å²) in [6.07, 6.45) is 2.33. The smallest absolute Gasteiger partial charge is 0.323 e. The van der Waals surface area contributed by atoms with Gasteiger partial charge in [-0.15, -0.1) is 0 Å². The minimum Gasteiger partial charge on any atom is -0.480 e. The first kappa shape index (κ1) is 14.8. The molecule has 1 N–H and O–H groups in total. The Labute approximate surface area is 118 Å². The zero-order valence-electron chi connectivity index (χ0n) is 12.0. The van der Waals surface area contributed by atoms with Crippen LogP contribution >= 0.6 is 0 Å². The van der Waals surface area contributed by atoms with Crippen molar-refractivity contribution in [2.24, 2.45) is 11.8 Å². The molecule has 0 aromatic heterocycles. The van der Waals surface area contributed by atoms with Crippen LogP contribution in [0.5, 0.6) is 0 Å². The molecule has 0 aromatic carbocycles. The number of likely N-dealkylation sites (tertiary alicyclic amines) is 1. The normalized spacial score (nSPS) is 22.4. The van der Waals surface area contributed by atoms with Crippen molar-refractivity contribution in [2.75, 3.05) is 19.6 Å². The molecule has 112 valence electrons. The Morgan fingerprint density at radius 2 is 2.05 bits per heavy atom. The maximum atomic E-state index is 12.4. The van der Waals surface area contributed by atoms with Gasteiger partial charge in [-0.2, -0.15) is 0 Å². The lowest BCUT2D eigenvalue weighted by Crippen LogP contribution is -2.42. The fraction of sp³-hybridized carbons (Fsp3) is 0.786. The van der Waals surface area contributed by atoms with Gasteiger partial charge < -0.3 is 14.9 Å². The molecule has 0 radical (unpaired) electrons. The van der Waals surface area contributed by atoms with Crippen molar-refractivity contribution in [3.05, 3.63) is 0 Å². The largest absolute Gasteiger partial charge is 0.480 e. The predicted octanol–water partition coefficient (Wildman–Crippen LogP) is 0.566. The van der Waals surface area contributed by atoms with Crippen LogP contribution in [-0.4, -0.2) is 58.4 Å². The molecule has 1 aliphatic carbocycles. The van der Waals surface area contributed by atoms with Crippen molar-refractivity contribution in [2.45, 2.75) is 39.2 Å². The van der Waals surface area contributed by atoms with Crippen LogP contribution in [0.3, 0.4) is 0 Å². The van der Waals surface area contributed by atoms with E-state index in [9.17, 15) is 14.4 Å². The number of amides is 2. The molecule has 2 fully saturated rings. The van der Waals surface area contributed by atoms with Crippen LogP contribution in [0.2, 0.25) is 0 Å². The Balaban J connectivity index is 1.99. The molecular formula is C14H22N2O4. The molecule has 2 rings (SSSR count). The monoisotopic (exact) mass is 282 g/mol. The summed E-state index contributed by atoms with van der Waals surface area (Å²) >= 11 is 0. The van der Waals surface area contributed by atoms with Crippen LogP contribution in [0, 0.1) is 11.8 Å². The maximum absolute atomic E-state index is 12.4. The van der Waals surface area contributed by atoms with Crippen LogP contribution in [-0.2, 0) is 14.4 Å². The van der Waals surface area contributed by atoms with E-state index < -0.39 is 5.97 Å². The SMILES string of the molecule is CC(C)N1CC(C(=O)N(CC(=O)O)CC2CC2)CC1=O. The standard InChI is InChI=1S/C14H22N2O4/c1-9(2)16-7-11(5-12(16)17)14(20)15(8-13(18)19)6-10-3-4-10/h9-11H,3-8H2,1-2H3,(H,18,19). The van der Waals surface area contributed by atoms with Gasteiger partial charge in [-0.05, 0) is 32.6 Å². The molecule has 1 heterocycles. The fourth-order valence-electron chi connectivity index (χ4n) is 2.66.